The second-order valence-electron chi connectivity index (χ2n) is 4.65. The van der Waals surface area contributed by atoms with E-state index < -0.39 is 0 Å². The SMILES string of the molecule is CCn1ccc2cc(CNC3CC3)ccc21. The molecule has 1 heterocycles. The Balaban J connectivity index is 1.84. The highest BCUT2D eigenvalue weighted by Crippen LogP contribution is 2.21. The predicted molar refractivity (Wildman–Crippen MR) is 67.5 cm³/mol. The summed E-state index contributed by atoms with van der Waals surface area (Å²) < 4.78 is 2.29. The number of fused-ring (bicyclic) bond motifs is 1. The first-order valence-corrected chi connectivity index (χ1v) is 6.18. The lowest BCUT2D eigenvalue weighted by Crippen LogP contribution is -2.15. The quantitative estimate of drug-likeness (QED) is 0.828. The van der Waals surface area contributed by atoms with Gasteiger partial charge >= 0.3 is 0 Å². The summed E-state index contributed by atoms with van der Waals surface area (Å²) in [5.74, 6) is 0. The highest BCUT2D eigenvalue weighted by atomic mass is 14.9. The number of aromatic nitrogens is 1. The van der Waals surface area contributed by atoms with Crippen molar-refractivity contribution in [3.63, 3.8) is 0 Å². The van der Waals surface area contributed by atoms with E-state index in [-0.39, 0.29) is 0 Å². The number of benzene rings is 1. The Bertz CT molecular complexity index is 494. The standard InChI is InChI=1S/C14H18N2/c1-2-16-8-7-12-9-11(3-6-14(12)16)10-15-13-4-5-13/h3,6-9,13,15H,2,4-5,10H2,1H3. The molecule has 0 saturated heterocycles. The second kappa shape index (κ2) is 3.95. The molecule has 0 unspecified atom stereocenters. The van der Waals surface area contributed by atoms with Crippen LogP contribution >= 0.6 is 0 Å². The van der Waals surface area contributed by atoms with Gasteiger partial charge in [-0.25, -0.2) is 0 Å². The molecule has 1 aliphatic carbocycles. The lowest BCUT2D eigenvalue weighted by Gasteiger charge is -2.05. The molecular weight excluding hydrogens is 196 g/mol. The summed E-state index contributed by atoms with van der Waals surface area (Å²) in [7, 11) is 0. The van der Waals surface area contributed by atoms with E-state index in [1.807, 2.05) is 0 Å². The molecule has 1 fully saturated rings. The molecule has 84 valence electrons. The van der Waals surface area contributed by atoms with Crippen LogP contribution in [0.15, 0.2) is 30.5 Å². The third-order valence-electron chi connectivity index (χ3n) is 3.35. The van der Waals surface area contributed by atoms with Gasteiger partial charge in [0, 0.05) is 30.8 Å². The molecular formula is C14H18N2. The lowest BCUT2D eigenvalue weighted by atomic mass is 10.1. The number of rotatable bonds is 4. The minimum absolute atomic E-state index is 0.788. The first-order chi connectivity index (χ1) is 7.86. The number of nitrogens with zero attached hydrogens (tertiary/aromatic N) is 1. The molecule has 1 N–H and O–H groups in total. The van der Waals surface area contributed by atoms with Crippen molar-refractivity contribution in [2.24, 2.45) is 0 Å². The van der Waals surface area contributed by atoms with Crippen LogP contribution in [0.1, 0.15) is 25.3 Å². The van der Waals surface area contributed by atoms with Crippen molar-refractivity contribution in [3.05, 3.63) is 36.0 Å². The van der Waals surface area contributed by atoms with Gasteiger partial charge in [-0.3, -0.25) is 0 Å². The monoisotopic (exact) mass is 214 g/mol. The fourth-order valence-corrected chi connectivity index (χ4v) is 2.18. The first kappa shape index (κ1) is 9.91. The molecule has 1 aliphatic rings. The zero-order valence-electron chi connectivity index (χ0n) is 9.74. The Labute approximate surface area is 96.3 Å². The number of hydrogen-bond donors (Lipinski definition) is 1. The van der Waals surface area contributed by atoms with E-state index in [1.54, 1.807) is 0 Å². The number of aryl methyl sites for hydroxylation is 1. The van der Waals surface area contributed by atoms with Gasteiger partial charge in [-0.05, 0) is 48.9 Å². The van der Waals surface area contributed by atoms with Gasteiger partial charge in [0.25, 0.3) is 0 Å². The molecule has 2 aromatic rings. The van der Waals surface area contributed by atoms with Crippen LogP contribution in [0.25, 0.3) is 10.9 Å². The summed E-state index contributed by atoms with van der Waals surface area (Å²) in [5.41, 5.74) is 2.74. The van der Waals surface area contributed by atoms with Crippen molar-refractivity contribution in [1.29, 1.82) is 0 Å². The maximum atomic E-state index is 3.55. The van der Waals surface area contributed by atoms with Gasteiger partial charge < -0.3 is 9.88 Å². The summed E-state index contributed by atoms with van der Waals surface area (Å²) in [6, 6.07) is 9.78. The molecule has 2 heteroatoms. The van der Waals surface area contributed by atoms with Crippen LogP contribution in [0.4, 0.5) is 0 Å². The second-order valence-corrected chi connectivity index (χ2v) is 4.65. The minimum Gasteiger partial charge on any atom is -0.348 e. The smallest absolute Gasteiger partial charge is 0.0480 e. The van der Waals surface area contributed by atoms with E-state index in [4.69, 9.17) is 0 Å². The highest BCUT2D eigenvalue weighted by Gasteiger charge is 2.19. The molecule has 16 heavy (non-hydrogen) atoms. The fourth-order valence-electron chi connectivity index (χ4n) is 2.18. The van der Waals surface area contributed by atoms with Crippen molar-refractivity contribution in [1.82, 2.24) is 9.88 Å². The Morgan fingerprint density at radius 1 is 1.31 bits per heavy atom. The largest absolute Gasteiger partial charge is 0.348 e. The third kappa shape index (κ3) is 1.85. The van der Waals surface area contributed by atoms with Crippen molar-refractivity contribution >= 4 is 10.9 Å². The Morgan fingerprint density at radius 3 is 2.94 bits per heavy atom. The van der Waals surface area contributed by atoms with Gasteiger partial charge in [-0.15, -0.1) is 0 Å². The van der Waals surface area contributed by atoms with E-state index in [2.05, 4.69) is 47.3 Å². The van der Waals surface area contributed by atoms with Crippen molar-refractivity contribution < 1.29 is 0 Å². The van der Waals surface area contributed by atoms with E-state index in [9.17, 15) is 0 Å². The molecule has 1 aromatic carbocycles. The molecule has 1 aromatic heterocycles. The van der Waals surface area contributed by atoms with E-state index in [0.717, 1.165) is 19.1 Å². The Morgan fingerprint density at radius 2 is 2.19 bits per heavy atom. The molecule has 0 radical (unpaired) electrons. The van der Waals surface area contributed by atoms with Crippen molar-refractivity contribution in [2.75, 3.05) is 0 Å². The lowest BCUT2D eigenvalue weighted by molar-refractivity contribution is 0.688. The van der Waals surface area contributed by atoms with Gasteiger partial charge in [0.05, 0.1) is 0 Å². The molecule has 3 rings (SSSR count). The average molecular weight is 214 g/mol. The third-order valence-corrected chi connectivity index (χ3v) is 3.35. The zero-order valence-corrected chi connectivity index (χ0v) is 9.74. The van der Waals surface area contributed by atoms with Crippen molar-refractivity contribution in [2.45, 2.75) is 38.9 Å². The Kier molecular flexibility index (Phi) is 2.44. The van der Waals surface area contributed by atoms with E-state index in [1.165, 1.54) is 29.3 Å². The van der Waals surface area contributed by atoms with Gasteiger partial charge in [0.1, 0.15) is 0 Å². The maximum absolute atomic E-state index is 3.55. The molecule has 0 aliphatic heterocycles. The fraction of sp³-hybridized carbons (Fsp3) is 0.429. The summed E-state index contributed by atoms with van der Waals surface area (Å²) in [6.45, 7) is 4.24. The van der Waals surface area contributed by atoms with Gasteiger partial charge in [0.15, 0.2) is 0 Å². The predicted octanol–water partition coefficient (Wildman–Crippen LogP) is 2.91. The molecule has 1 saturated carbocycles. The van der Waals surface area contributed by atoms with E-state index >= 15 is 0 Å². The van der Waals surface area contributed by atoms with Crippen LogP contribution in [0.3, 0.4) is 0 Å². The summed E-state index contributed by atoms with van der Waals surface area (Å²) >= 11 is 0. The van der Waals surface area contributed by atoms with Gasteiger partial charge in [0.2, 0.25) is 0 Å². The molecule has 0 atom stereocenters. The average Bonchev–Trinajstić information content (AvgIpc) is 3.05. The summed E-state index contributed by atoms with van der Waals surface area (Å²) in [6.07, 6.45) is 4.88. The van der Waals surface area contributed by atoms with Crippen LogP contribution < -0.4 is 5.32 Å². The number of nitrogens with one attached hydrogen (secondary N) is 1. The highest BCUT2D eigenvalue weighted by molar-refractivity contribution is 5.80. The molecule has 0 spiro atoms. The van der Waals surface area contributed by atoms with Crippen molar-refractivity contribution in [3.8, 4) is 0 Å². The number of hydrogen-bond acceptors (Lipinski definition) is 1. The normalized spacial score (nSPS) is 15.8. The van der Waals surface area contributed by atoms with Gasteiger partial charge in [-0.1, -0.05) is 6.07 Å². The zero-order chi connectivity index (χ0) is 11.0. The Hall–Kier alpha value is -1.28. The molecule has 2 nitrogen and oxygen atoms in total. The van der Waals surface area contributed by atoms with Crippen LogP contribution in [0, 0.1) is 0 Å². The minimum atomic E-state index is 0.788. The topological polar surface area (TPSA) is 17.0 Å². The van der Waals surface area contributed by atoms with Gasteiger partial charge in [-0.2, -0.15) is 0 Å². The van der Waals surface area contributed by atoms with Crippen LogP contribution in [0.2, 0.25) is 0 Å². The maximum Gasteiger partial charge on any atom is 0.0480 e. The summed E-state index contributed by atoms with van der Waals surface area (Å²) in [5, 5.41) is 4.91. The van der Waals surface area contributed by atoms with Crippen LogP contribution in [-0.4, -0.2) is 10.6 Å². The molecule has 0 amide bonds. The van der Waals surface area contributed by atoms with Crippen LogP contribution in [0.5, 0.6) is 0 Å². The summed E-state index contributed by atoms with van der Waals surface area (Å²) in [4.78, 5) is 0. The van der Waals surface area contributed by atoms with Crippen LogP contribution in [-0.2, 0) is 13.1 Å². The molecule has 0 bridgehead atoms. The first-order valence-electron chi connectivity index (χ1n) is 6.18. The van der Waals surface area contributed by atoms with E-state index in [0.29, 0.717) is 0 Å².